The first-order chi connectivity index (χ1) is 10.9. The molecule has 0 saturated carbocycles. The van der Waals surface area contributed by atoms with Gasteiger partial charge in [0.15, 0.2) is 0 Å². The molecule has 7 heteroatoms. The molecule has 0 unspecified atom stereocenters. The third-order valence-electron chi connectivity index (χ3n) is 3.71. The van der Waals surface area contributed by atoms with Crippen LogP contribution in [-0.4, -0.2) is 29.6 Å². The van der Waals surface area contributed by atoms with Gasteiger partial charge in [0.1, 0.15) is 4.88 Å². The number of allylic oxidation sites excluding steroid dienone is 2. The van der Waals surface area contributed by atoms with Gasteiger partial charge >= 0.3 is 11.9 Å². The van der Waals surface area contributed by atoms with E-state index in [4.69, 9.17) is 4.74 Å². The Morgan fingerprint density at radius 3 is 2.57 bits per heavy atom. The predicted molar refractivity (Wildman–Crippen MR) is 86.6 cm³/mol. The number of carbonyl (C=O) groups excluding carboxylic acids is 2. The topological polar surface area (TPSA) is 92.7 Å². The quantitative estimate of drug-likeness (QED) is 0.636. The maximum atomic E-state index is 12.4. The van der Waals surface area contributed by atoms with Crippen LogP contribution in [0, 0.1) is 18.8 Å². The lowest BCUT2D eigenvalue weighted by Gasteiger charge is -2.23. The number of nitrogens with one attached hydrogen (secondary N) is 1. The van der Waals surface area contributed by atoms with Crippen molar-refractivity contribution < 1.29 is 24.2 Å². The number of carboxylic acids is 1. The number of amides is 1. The smallest absolute Gasteiger partial charge is 0.348 e. The lowest BCUT2D eigenvalue weighted by atomic mass is 9.82. The standard InChI is InChI=1S/C16H19NO5S/c1-3-22-16(21)13-9(2)8-12(23-13)17-14(18)10-6-4-5-7-11(10)15(19)20/h4-5,8,10-11H,3,6-7H2,1-2H3,(H,17,18)(H,19,20)/t10-,11+/m1/s1. The molecule has 1 heterocycles. The number of anilines is 1. The number of hydrogen-bond donors (Lipinski definition) is 2. The molecular formula is C16H19NO5S. The molecule has 1 aliphatic carbocycles. The zero-order chi connectivity index (χ0) is 17.0. The van der Waals surface area contributed by atoms with E-state index in [1.807, 2.05) is 6.08 Å². The van der Waals surface area contributed by atoms with Crippen LogP contribution in [0.1, 0.15) is 35.0 Å². The molecule has 0 radical (unpaired) electrons. The molecule has 0 aromatic carbocycles. The Bertz CT molecular complexity index is 649. The average Bonchev–Trinajstić information content (AvgIpc) is 2.88. The van der Waals surface area contributed by atoms with Gasteiger partial charge in [-0.05, 0) is 38.3 Å². The maximum Gasteiger partial charge on any atom is 0.348 e. The Kier molecular flexibility index (Phi) is 5.54. The van der Waals surface area contributed by atoms with Crippen LogP contribution in [0.4, 0.5) is 5.00 Å². The number of esters is 1. The van der Waals surface area contributed by atoms with Gasteiger partial charge in [-0.1, -0.05) is 12.2 Å². The fraction of sp³-hybridized carbons (Fsp3) is 0.438. The average molecular weight is 337 g/mol. The summed E-state index contributed by atoms with van der Waals surface area (Å²) in [7, 11) is 0. The number of rotatable bonds is 5. The monoisotopic (exact) mass is 337 g/mol. The van der Waals surface area contributed by atoms with Gasteiger partial charge in [-0.3, -0.25) is 9.59 Å². The van der Waals surface area contributed by atoms with Crippen molar-refractivity contribution in [2.75, 3.05) is 11.9 Å². The number of aliphatic carboxylic acids is 1. The first kappa shape index (κ1) is 17.2. The lowest BCUT2D eigenvalue weighted by molar-refractivity contribution is -0.146. The SMILES string of the molecule is CCOC(=O)c1sc(NC(=O)[C@@H]2CC=CC[C@@H]2C(=O)O)cc1C. The fourth-order valence-electron chi connectivity index (χ4n) is 2.53. The molecule has 0 aliphatic heterocycles. The molecule has 1 amide bonds. The Morgan fingerprint density at radius 1 is 1.30 bits per heavy atom. The molecule has 0 saturated heterocycles. The third kappa shape index (κ3) is 3.98. The summed E-state index contributed by atoms with van der Waals surface area (Å²) in [5.74, 6) is -3.04. The second-order valence-electron chi connectivity index (χ2n) is 5.33. The first-order valence-corrected chi connectivity index (χ1v) is 8.21. The van der Waals surface area contributed by atoms with Crippen molar-refractivity contribution in [2.24, 2.45) is 11.8 Å². The van der Waals surface area contributed by atoms with Crippen molar-refractivity contribution >= 4 is 34.2 Å². The molecule has 124 valence electrons. The van der Waals surface area contributed by atoms with Gasteiger partial charge in [0.05, 0.1) is 23.4 Å². The van der Waals surface area contributed by atoms with Gasteiger partial charge in [-0.2, -0.15) is 0 Å². The highest BCUT2D eigenvalue weighted by Gasteiger charge is 2.34. The summed E-state index contributed by atoms with van der Waals surface area (Å²) in [4.78, 5) is 35.9. The zero-order valence-corrected chi connectivity index (χ0v) is 13.8. The number of hydrogen-bond acceptors (Lipinski definition) is 5. The van der Waals surface area contributed by atoms with Crippen molar-refractivity contribution in [3.63, 3.8) is 0 Å². The highest BCUT2D eigenvalue weighted by atomic mass is 32.1. The Balaban J connectivity index is 2.11. The summed E-state index contributed by atoms with van der Waals surface area (Å²) < 4.78 is 4.96. The summed E-state index contributed by atoms with van der Waals surface area (Å²) in [6.07, 6.45) is 4.37. The van der Waals surface area contributed by atoms with E-state index in [-0.39, 0.29) is 12.5 Å². The summed E-state index contributed by atoms with van der Waals surface area (Å²) in [5, 5.41) is 12.5. The number of aryl methyl sites for hydroxylation is 1. The van der Waals surface area contributed by atoms with Crippen molar-refractivity contribution in [1.82, 2.24) is 0 Å². The minimum atomic E-state index is -0.968. The number of ether oxygens (including phenoxy) is 1. The van der Waals surface area contributed by atoms with E-state index in [2.05, 4.69) is 5.32 Å². The molecule has 23 heavy (non-hydrogen) atoms. The third-order valence-corrected chi connectivity index (χ3v) is 4.84. The molecule has 2 rings (SSSR count). The van der Waals surface area contributed by atoms with Crippen molar-refractivity contribution in [3.8, 4) is 0 Å². The highest BCUT2D eigenvalue weighted by Crippen LogP contribution is 2.31. The maximum absolute atomic E-state index is 12.4. The molecule has 1 aromatic heterocycles. The van der Waals surface area contributed by atoms with Crippen LogP contribution in [0.3, 0.4) is 0 Å². The van der Waals surface area contributed by atoms with Crippen LogP contribution in [0.5, 0.6) is 0 Å². The molecule has 2 N–H and O–H groups in total. The minimum absolute atomic E-state index is 0.284. The van der Waals surface area contributed by atoms with E-state index in [9.17, 15) is 19.5 Å². The van der Waals surface area contributed by atoms with Crippen LogP contribution in [0.15, 0.2) is 18.2 Å². The zero-order valence-electron chi connectivity index (χ0n) is 13.0. The highest BCUT2D eigenvalue weighted by molar-refractivity contribution is 7.18. The molecule has 1 aromatic rings. The summed E-state index contributed by atoms with van der Waals surface area (Å²) in [6.45, 7) is 3.78. The van der Waals surface area contributed by atoms with Crippen LogP contribution in [0.2, 0.25) is 0 Å². The summed E-state index contributed by atoms with van der Waals surface area (Å²) >= 11 is 1.14. The normalized spacial score (nSPS) is 20.1. The Morgan fingerprint density at radius 2 is 1.96 bits per heavy atom. The summed E-state index contributed by atoms with van der Waals surface area (Å²) in [6, 6.07) is 1.70. The number of thiophene rings is 1. The van der Waals surface area contributed by atoms with Crippen LogP contribution in [0.25, 0.3) is 0 Å². The predicted octanol–water partition coefficient (Wildman–Crippen LogP) is 2.84. The van der Waals surface area contributed by atoms with Crippen molar-refractivity contribution in [1.29, 1.82) is 0 Å². The fourth-order valence-corrected chi connectivity index (χ4v) is 3.50. The second kappa shape index (κ2) is 7.41. The molecule has 2 atom stereocenters. The Hall–Kier alpha value is -2.15. The van der Waals surface area contributed by atoms with Gasteiger partial charge in [-0.15, -0.1) is 11.3 Å². The first-order valence-electron chi connectivity index (χ1n) is 7.40. The largest absolute Gasteiger partial charge is 0.481 e. The second-order valence-corrected chi connectivity index (χ2v) is 6.38. The van der Waals surface area contributed by atoms with E-state index < -0.39 is 23.8 Å². The molecule has 1 aliphatic rings. The van der Waals surface area contributed by atoms with Crippen LogP contribution < -0.4 is 5.32 Å². The molecular weight excluding hydrogens is 318 g/mol. The molecule has 0 spiro atoms. The molecule has 0 bridgehead atoms. The van der Waals surface area contributed by atoms with Gasteiger partial charge in [0.25, 0.3) is 0 Å². The van der Waals surface area contributed by atoms with Gasteiger partial charge < -0.3 is 15.2 Å². The van der Waals surface area contributed by atoms with Crippen molar-refractivity contribution in [2.45, 2.75) is 26.7 Å². The summed E-state index contributed by atoms with van der Waals surface area (Å²) in [5.41, 5.74) is 0.724. The number of carbonyl (C=O) groups is 3. The van der Waals surface area contributed by atoms with Gasteiger partial charge in [0, 0.05) is 0 Å². The van der Waals surface area contributed by atoms with Crippen LogP contribution >= 0.6 is 11.3 Å². The lowest BCUT2D eigenvalue weighted by Crippen LogP contribution is -2.34. The molecule has 0 fully saturated rings. The minimum Gasteiger partial charge on any atom is -0.481 e. The molecule has 6 nitrogen and oxygen atoms in total. The van der Waals surface area contributed by atoms with E-state index >= 15 is 0 Å². The number of carboxylic acid groups (broad SMARTS) is 1. The van der Waals surface area contributed by atoms with Crippen molar-refractivity contribution in [3.05, 3.63) is 28.7 Å². The van der Waals surface area contributed by atoms with Gasteiger partial charge in [0.2, 0.25) is 5.91 Å². The van der Waals surface area contributed by atoms with Gasteiger partial charge in [-0.25, -0.2) is 4.79 Å². The van der Waals surface area contributed by atoms with E-state index in [1.54, 1.807) is 26.0 Å². The van der Waals surface area contributed by atoms with E-state index in [1.165, 1.54) is 0 Å². The Labute approximate surface area is 138 Å². The van der Waals surface area contributed by atoms with Crippen LogP contribution in [-0.2, 0) is 14.3 Å². The van der Waals surface area contributed by atoms with E-state index in [0.717, 1.165) is 16.9 Å². The van der Waals surface area contributed by atoms with E-state index in [0.29, 0.717) is 22.7 Å².